The van der Waals surface area contributed by atoms with Crippen molar-refractivity contribution in [2.75, 3.05) is 39.3 Å². The fourth-order valence-electron chi connectivity index (χ4n) is 3.18. The number of nitrogens with one attached hydrogen (secondary N) is 2. The third-order valence-electron chi connectivity index (χ3n) is 4.72. The van der Waals surface area contributed by atoms with E-state index in [0.717, 1.165) is 12.5 Å². The minimum atomic E-state index is 0.524. The summed E-state index contributed by atoms with van der Waals surface area (Å²) < 4.78 is 5.72. The zero-order valence-electron chi connectivity index (χ0n) is 16.5. The Morgan fingerprint density at radius 3 is 2.65 bits per heavy atom. The lowest BCUT2D eigenvalue weighted by Crippen LogP contribution is -2.48. The molecule has 146 valence electrons. The highest BCUT2D eigenvalue weighted by molar-refractivity contribution is 5.80. The van der Waals surface area contributed by atoms with E-state index < -0.39 is 0 Å². The van der Waals surface area contributed by atoms with Gasteiger partial charge in [0.1, 0.15) is 0 Å². The number of nitrogens with zero attached hydrogens (tertiary/aromatic N) is 2. The van der Waals surface area contributed by atoms with Crippen LogP contribution in [-0.2, 0) is 11.3 Å². The molecule has 1 saturated heterocycles. The van der Waals surface area contributed by atoms with Crippen LogP contribution >= 0.6 is 0 Å². The summed E-state index contributed by atoms with van der Waals surface area (Å²) in [5.74, 6) is 0.919. The smallest absolute Gasteiger partial charge is 0.191 e. The summed E-state index contributed by atoms with van der Waals surface area (Å²) in [7, 11) is 0. The van der Waals surface area contributed by atoms with E-state index in [9.17, 15) is 0 Å². The van der Waals surface area contributed by atoms with E-state index >= 15 is 0 Å². The average Bonchev–Trinajstić information content (AvgIpc) is 2.68. The number of hydrogen-bond acceptors (Lipinski definition) is 3. The van der Waals surface area contributed by atoms with E-state index in [1.54, 1.807) is 0 Å². The van der Waals surface area contributed by atoms with Crippen LogP contribution in [-0.4, -0.2) is 56.2 Å². The van der Waals surface area contributed by atoms with Gasteiger partial charge in [0.2, 0.25) is 0 Å². The molecular formula is C21H36N4O. The minimum absolute atomic E-state index is 0.524. The van der Waals surface area contributed by atoms with Crippen LogP contribution in [0, 0.1) is 0 Å². The molecule has 0 saturated carbocycles. The third-order valence-corrected chi connectivity index (χ3v) is 4.72. The fourth-order valence-corrected chi connectivity index (χ4v) is 3.18. The Morgan fingerprint density at radius 2 is 1.96 bits per heavy atom. The van der Waals surface area contributed by atoms with Gasteiger partial charge in [-0.2, -0.15) is 0 Å². The summed E-state index contributed by atoms with van der Waals surface area (Å²) in [4.78, 5) is 7.25. The molecule has 5 heteroatoms. The van der Waals surface area contributed by atoms with Crippen LogP contribution in [0.2, 0.25) is 0 Å². The highest BCUT2D eigenvalue weighted by Crippen LogP contribution is 2.11. The molecule has 0 spiro atoms. The minimum Gasteiger partial charge on any atom is -0.375 e. The Bertz CT molecular complexity index is 498. The summed E-state index contributed by atoms with van der Waals surface area (Å²) in [5, 5.41) is 6.95. The van der Waals surface area contributed by atoms with Crippen molar-refractivity contribution in [2.45, 2.75) is 52.2 Å². The summed E-state index contributed by atoms with van der Waals surface area (Å²) >= 11 is 0. The van der Waals surface area contributed by atoms with Gasteiger partial charge in [-0.15, -0.1) is 0 Å². The number of guanidine groups is 1. The van der Waals surface area contributed by atoms with Crippen LogP contribution in [0.3, 0.4) is 0 Å². The van der Waals surface area contributed by atoms with Crippen LogP contribution in [0.4, 0.5) is 0 Å². The van der Waals surface area contributed by atoms with Gasteiger partial charge in [0.05, 0.1) is 19.8 Å². The number of aliphatic imine (C=N–C) groups is 1. The van der Waals surface area contributed by atoms with Crippen molar-refractivity contribution in [2.24, 2.45) is 4.99 Å². The number of rotatable bonds is 10. The second-order valence-electron chi connectivity index (χ2n) is 6.91. The summed E-state index contributed by atoms with van der Waals surface area (Å²) in [6, 6.07) is 10.8. The number of unbranched alkanes of at least 4 members (excludes halogenated alkanes) is 1. The van der Waals surface area contributed by atoms with Crippen molar-refractivity contribution in [3.8, 4) is 0 Å². The molecule has 1 aromatic carbocycles. The van der Waals surface area contributed by atoms with Crippen LogP contribution < -0.4 is 10.6 Å². The second-order valence-corrected chi connectivity index (χ2v) is 6.91. The van der Waals surface area contributed by atoms with Gasteiger partial charge in [0.15, 0.2) is 5.96 Å². The van der Waals surface area contributed by atoms with Gasteiger partial charge in [-0.25, -0.2) is 0 Å². The average molecular weight is 361 g/mol. The lowest BCUT2D eigenvalue weighted by molar-refractivity contribution is 0.128. The van der Waals surface area contributed by atoms with Crippen LogP contribution in [0.15, 0.2) is 35.3 Å². The number of hydrogen-bond donors (Lipinski definition) is 2. The maximum absolute atomic E-state index is 5.72. The van der Waals surface area contributed by atoms with Crippen LogP contribution in [0.25, 0.3) is 0 Å². The Labute approximate surface area is 159 Å². The van der Waals surface area contributed by atoms with E-state index in [1.165, 1.54) is 50.9 Å². The number of benzene rings is 1. The molecule has 0 aliphatic carbocycles. The molecule has 0 atom stereocenters. The monoisotopic (exact) mass is 360 g/mol. The van der Waals surface area contributed by atoms with Crippen molar-refractivity contribution in [1.29, 1.82) is 0 Å². The summed E-state index contributed by atoms with van der Waals surface area (Å²) in [5.41, 5.74) is 1.20. The van der Waals surface area contributed by atoms with Crippen molar-refractivity contribution >= 4 is 5.96 Å². The first-order chi connectivity index (χ1) is 12.8. The van der Waals surface area contributed by atoms with Gasteiger partial charge < -0.3 is 20.3 Å². The molecule has 0 aromatic heterocycles. The molecule has 2 N–H and O–H groups in total. The number of ether oxygens (including phenoxy) is 1. The van der Waals surface area contributed by atoms with Crippen LogP contribution in [0.1, 0.15) is 45.1 Å². The molecule has 5 nitrogen and oxygen atoms in total. The maximum atomic E-state index is 5.72. The molecule has 0 radical (unpaired) electrons. The van der Waals surface area contributed by atoms with E-state index in [-0.39, 0.29) is 0 Å². The van der Waals surface area contributed by atoms with Gasteiger partial charge in [0.25, 0.3) is 0 Å². The lowest BCUT2D eigenvalue weighted by atomic mass is 10.0. The van der Waals surface area contributed by atoms with Crippen molar-refractivity contribution < 1.29 is 4.74 Å². The van der Waals surface area contributed by atoms with Gasteiger partial charge >= 0.3 is 0 Å². The van der Waals surface area contributed by atoms with E-state index in [1.807, 2.05) is 18.2 Å². The number of piperidine rings is 1. The van der Waals surface area contributed by atoms with Gasteiger partial charge in [-0.05, 0) is 38.3 Å². The predicted molar refractivity (Wildman–Crippen MR) is 110 cm³/mol. The lowest BCUT2D eigenvalue weighted by Gasteiger charge is -2.33. The van der Waals surface area contributed by atoms with Crippen LogP contribution in [0.5, 0.6) is 0 Å². The first-order valence-corrected chi connectivity index (χ1v) is 10.2. The van der Waals surface area contributed by atoms with Crippen molar-refractivity contribution in [1.82, 2.24) is 15.5 Å². The fraction of sp³-hybridized carbons (Fsp3) is 0.667. The number of likely N-dealkylation sites (tertiary alicyclic amines) is 1. The topological polar surface area (TPSA) is 48.9 Å². The molecule has 0 bridgehead atoms. The maximum Gasteiger partial charge on any atom is 0.191 e. The zero-order chi connectivity index (χ0) is 18.5. The first kappa shape index (κ1) is 20.7. The first-order valence-electron chi connectivity index (χ1n) is 10.2. The molecule has 1 aromatic rings. The van der Waals surface area contributed by atoms with Crippen molar-refractivity contribution in [3.63, 3.8) is 0 Å². The quantitative estimate of drug-likeness (QED) is 0.383. The molecule has 1 heterocycles. The van der Waals surface area contributed by atoms with Gasteiger partial charge in [-0.3, -0.25) is 4.99 Å². The normalized spacial score (nSPS) is 16.6. The predicted octanol–water partition coefficient (Wildman–Crippen LogP) is 3.02. The van der Waals surface area contributed by atoms with E-state index in [0.29, 0.717) is 25.8 Å². The Morgan fingerprint density at radius 1 is 1.19 bits per heavy atom. The highest BCUT2D eigenvalue weighted by atomic mass is 16.5. The Hall–Kier alpha value is -1.59. The zero-order valence-corrected chi connectivity index (χ0v) is 16.5. The highest BCUT2D eigenvalue weighted by Gasteiger charge is 2.19. The Balaban J connectivity index is 1.66. The third kappa shape index (κ3) is 8.19. The molecule has 2 rings (SSSR count). The summed E-state index contributed by atoms with van der Waals surface area (Å²) in [6.07, 6.45) is 4.98. The Kier molecular flexibility index (Phi) is 10.1. The van der Waals surface area contributed by atoms with Crippen molar-refractivity contribution in [3.05, 3.63) is 35.9 Å². The van der Waals surface area contributed by atoms with Gasteiger partial charge in [0, 0.05) is 25.7 Å². The van der Waals surface area contributed by atoms with E-state index in [4.69, 9.17) is 4.74 Å². The molecule has 1 aliphatic rings. The van der Waals surface area contributed by atoms with E-state index in [2.05, 4.69) is 46.5 Å². The molecule has 1 fully saturated rings. The molecule has 0 amide bonds. The molecular weight excluding hydrogens is 324 g/mol. The largest absolute Gasteiger partial charge is 0.375 e. The second kappa shape index (κ2) is 12.7. The molecule has 26 heavy (non-hydrogen) atoms. The molecule has 0 unspecified atom stereocenters. The van der Waals surface area contributed by atoms with Gasteiger partial charge in [-0.1, -0.05) is 43.7 Å². The SMILES string of the molecule is CCCCN1CCC(NC(=NCCOCc2ccccc2)NCC)CC1. The standard InChI is InChI=1S/C21H36N4O/c1-3-5-14-25-15-11-20(12-16-25)24-21(22-4-2)23-13-17-26-18-19-9-7-6-8-10-19/h6-10,20H,3-5,11-18H2,1-2H3,(H2,22,23,24). The molecule has 1 aliphatic heterocycles. The summed E-state index contributed by atoms with van der Waals surface area (Å²) in [6.45, 7) is 10.8.